The van der Waals surface area contributed by atoms with Gasteiger partial charge in [0, 0.05) is 6.07 Å². The van der Waals surface area contributed by atoms with Gasteiger partial charge in [-0.2, -0.15) is 0 Å². The zero-order valence-electron chi connectivity index (χ0n) is 12.7. The Hall–Kier alpha value is -2.01. The van der Waals surface area contributed by atoms with Crippen molar-refractivity contribution in [1.29, 1.82) is 0 Å². The molecule has 1 aliphatic carbocycles. The van der Waals surface area contributed by atoms with Crippen molar-refractivity contribution in [2.45, 2.75) is 32.1 Å². The topological polar surface area (TPSA) is 67.4 Å². The number of allylic oxidation sites excluding steroid dienone is 1. The first-order valence-corrected chi connectivity index (χ1v) is 8.25. The van der Waals surface area contributed by atoms with E-state index >= 15 is 0 Å². The lowest BCUT2D eigenvalue weighted by molar-refractivity contribution is -0.118. The Balaban J connectivity index is 1.66. The Morgan fingerprint density at radius 3 is 2.87 bits per heavy atom. The van der Waals surface area contributed by atoms with Crippen LogP contribution in [0.15, 0.2) is 24.3 Å². The molecule has 6 heteroatoms. The molecule has 0 aromatic heterocycles. The first kappa shape index (κ1) is 15.9. The van der Waals surface area contributed by atoms with Crippen LogP contribution in [0.4, 0.5) is 11.4 Å². The molecule has 1 aromatic rings. The third-order valence-electron chi connectivity index (χ3n) is 4.13. The second kappa shape index (κ2) is 7.04. The van der Waals surface area contributed by atoms with E-state index < -0.39 is 0 Å². The molecule has 0 atom stereocenters. The molecule has 2 amide bonds. The molecule has 122 valence electrons. The fourth-order valence-corrected chi connectivity index (χ4v) is 3.13. The van der Waals surface area contributed by atoms with Gasteiger partial charge < -0.3 is 15.4 Å². The van der Waals surface area contributed by atoms with E-state index in [0.717, 1.165) is 12.8 Å². The summed E-state index contributed by atoms with van der Waals surface area (Å²) in [6, 6.07) is 3.21. The first-order valence-electron chi connectivity index (χ1n) is 7.87. The van der Waals surface area contributed by atoms with Crippen LogP contribution in [-0.4, -0.2) is 18.4 Å². The number of halogens is 1. The molecule has 2 N–H and O–H groups in total. The zero-order valence-corrected chi connectivity index (χ0v) is 13.5. The van der Waals surface area contributed by atoms with Gasteiger partial charge >= 0.3 is 0 Å². The summed E-state index contributed by atoms with van der Waals surface area (Å²) in [6.45, 7) is -0.0381. The Morgan fingerprint density at radius 2 is 2.09 bits per heavy atom. The van der Waals surface area contributed by atoms with E-state index in [1.165, 1.54) is 19.3 Å². The van der Waals surface area contributed by atoms with Crippen molar-refractivity contribution in [2.24, 2.45) is 5.92 Å². The van der Waals surface area contributed by atoms with Crippen molar-refractivity contribution >= 4 is 34.8 Å². The molecule has 1 saturated carbocycles. The van der Waals surface area contributed by atoms with Crippen LogP contribution in [0, 0.1) is 5.92 Å². The van der Waals surface area contributed by atoms with Crippen LogP contribution in [0.3, 0.4) is 0 Å². The van der Waals surface area contributed by atoms with E-state index in [-0.39, 0.29) is 18.4 Å². The molecule has 0 spiro atoms. The molecule has 1 heterocycles. The molecule has 5 nitrogen and oxygen atoms in total. The molecule has 0 unspecified atom stereocenters. The molecular weight excluding hydrogens is 316 g/mol. The van der Waals surface area contributed by atoms with E-state index in [1.807, 2.05) is 6.08 Å². The highest BCUT2D eigenvalue weighted by molar-refractivity contribution is 6.34. The fourth-order valence-electron chi connectivity index (χ4n) is 2.92. The number of carbonyl (C=O) groups excluding carboxylic acids is 2. The summed E-state index contributed by atoms with van der Waals surface area (Å²) in [4.78, 5) is 23.3. The van der Waals surface area contributed by atoms with Crippen LogP contribution >= 0.6 is 11.6 Å². The van der Waals surface area contributed by atoms with Crippen molar-refractivity contribution in [1.82, 2.24) is 0 Å². The monoisotopic (exact) mass is 334 g/mol. The van der Waals surface area contributed by atoms with E-state index in [1.54, 1.807) is 18.2 Å². The lowest BCUT2D eigenvalue weighted by Crippen LogP contribution is -2.25. The molecule has 3 rings (SSSR count). The van der Waals surface area contributed by atoms with Crippen molar-refractivity contribution < 1.29 is 14.3 Å². The molecular formula is C17H19ClN2O3. The number of anilines is 2. The molecule has 1 aliphatic heterocycles. The summed E-state index contributed by atoms with van der Waals surface area (Å²) in [5, 5.41) is 5.79. The minimum atomic E-state index is -0.222. The van der Waals surface area contributed by atoms with E-state index in [4.69, 9.17) is 16.3 Å². The largest absolute Gasteiger partial charge is 0.482 e. The van der Waals surface area contributed by atoms with Crippen LogP contribution in [0.1, 0.15) is 32.1 Å². The van der Waals surface area contributed by atoms with E-state index in [0.29, 0.717) is 28.1 Å². The minimum absolute atomic E-state index is 0.0381. The summed E-state index contributed by atoms with van der Waals surface area (Å²) >= 11 is 6.16. The Bertz CT molecular complexity index is 651. The van der Waals surface area contributed by atoms with Gasteiger partial charge in [-0.25, -0.2) is 0 Å². The Labute approximate surface area is 140 Å². The molecule has 0 saturated heterocycles. The van der Waals surface area contributed by atoms with Crippen LogP contribution in [0.25, 0.3) is 0 Å². The molecule has 23 heavy (non-hydrogen) atoms. The number of amides is 2. The number of benzene rings is 1. The van der Waals surface area contributed by atoms with Gasteiger partial charge in [-0.3, -0.25) is 9.59 Å². The van der Waals surface area contributed by atoms with Crippen molar-refractivity contribution in [3.8, 4) is 5.75 Å². The second-order valence-corrected chi connectivity index (χ2v) is 6.32. The number of nitrogens with one attached hydrogen (secondary N) is 2. The van der Waals surface area contributed by atoms with E-state index in [2.05, 4.69) is 10.6 Å². The van der Waals surface area contributed by atoms with Gasteiger partial charge in [0.05, 0.1) is 16.4 Å². The van der Waals surface area contributed by atoms with Gasteiger partial charge in [0.1, 0.15) is 5.75 Å². The molecule has 1 aromatic carbocycles. The van der Waals surface area contributed by atoms with Crippen LogP contribution in [0.5, 0.6) is 5.75 Å². The quantitative estimate of drug-likeness (QED) is 0.827. The number of fused-ring (bicyclic) bond motifs is 1. The molecule has 0 bridgehead atoms. The number of hydrogen-bond acceptors (Lipinski definition) is 3. The van der Waals surface area contributed by atoms with Crippen molar-refractivity contribution in [2.75, 3.05) is 17.2 Å². The summed E-state index contributed by atoms with van der Waals surface area (Å²) < 4.78 is 5.33. The summed E-state index contributed by atoms with van der Waals surface area (Å²) in [5.74, 6) is 0.561. The van der Waals surface area contributed by atoms with Gasteiger partial charge in [-0.1, -0.05) is 36.9 Å². The maximum absolute atomic E-state index is 12.1. The maximum Gasteiger partial charge on any atom is 0.262 e. The Morgan fingerprint density at radius 1 is 1.30 bits per heavy atom. The minimum Gasteiger partial charge on any atom is -0.482 e. The normalized spacial score (nSPS) is 18.2. The average Bonchev–Trinajstić information content (AvgIpc) is 2.55. The number of hydrogen-bond donors (Lipinski definition) is 2. The molecule has 0 radical (unpaired) electrons. The average molecular weight is 335 g/mol. The highest BCUT2D eigenvalue weighted by atomic mass is 35.5. The van der Waals surface area contributed by atoms with Gasteiger partial charge in [0.25, 0.3) is 5.91 Å². The zero-order chi connectivity index (χ0) is 16.2. The van der Waals surface area contributed by atoms with Gasteiger partial charge in [-0.15, -0.1) is 0 Å². The van der Waals surface area contributed by atoms with Crippen molar-refractivity contribution in [3.05, 3.63) is 29.3 Å². The molecule has 1 fully saturated rings. The summed E-state index contributed by atoms with van der Waals surface area (Å²) in [7, 11) is 0. The number of ether oxygens (including phenoxy) is 1. The standard InChI is InChI=1S/C17H19ClN2O3/c18-12-8-14-15(23-10-17(22)20-14)9-13(12)19-16(21)7-6-11-4-2-1-3-5-11/h6-9,11H,1-5,10H2,(H,19,21)(H,20,22). The number of rotatable bonds is 3. The van der Waals surface area contributed by atoms with Gasteiger partial charge in [0.2, 0.25) is 5.91 Å². The van der Waals surface area contributed by atoms with Crippen molar-refractivity contribution in [3.63, 3.8) is 0 Å². The van der Waals surface area contributed by atoms with Crippen LogP contribution in [0.2, 0.25) is 5.02 Å². The van der Waals surface area contributed by atoms with Gasteiger partial charge in [0.15, 0.2) is 6.61 Å². The lowest BCUT2D eigenvalue weighted by atomic mass is 9.89. The van der Waals surface area contributed by atoms with E-state index in [9.17, 15) is 9.59 Å². The lowest BCUT2D eigenvalue weighted by Gasteiger charge is -2.19. The SMILES string of the molecule is O=C(C=CC1CCCCC1)Nc1cc2c(cc1Cl)NC(=O)CO2. The first-order chi connectivity index (χ1) is 11.1. The third kappa shape index (κ3) is 4.05. The second-order valence-electron chi connectivity index (χ2n) is 5.91. The predicted molar refractivity (Wildman–Crippen MR) is 89.9 cm³/mol. The highest BCUT2D eigenvalue weighted by Gasteiger charge is 2.18. The molecule has 2 aliphatic rings. The fraction of sp³-hybridized carbons (Fsp3) is 0.412. The van der Waals surface area contributed by atoms with Crippen LogP contribution in [-0.2, 0) is 9.59 Å². The maximum atomic E-state index is 12.1. The highest BCUT2D eigenvalue weighted by Crippen LogP contribution is 2.36. The smallest absolute Gasteiger partial charge is 0.262 e. The van der Waals surface area contributed by atoms with Crippen LogP contribution < -0.4 is 15.4 Å². The third-order valence-corrected chi connectivity index (χ3v) is 4.44. The predicted octanol–water partition coefficient (Wildman–Crippen LogP) is 3.75. The number of carbonyl (C=O) groups is 2. The van der Waals surface area contributed by atoms with Gasteiger partial charge in [-0.05, 0) is 30.9 Å². The summed E-state index contributed by atoms with van der Waals surface area (Å²) in [5.41, 5.74) is 0.988. The Kier molecular flexibility index (Phi) is 4.86. The summed E-state index contributed by atoms with van der Waals surface area (Å²) in [6.07, 6.45) is 9.62.